The highest BCUT2D eigenvalue weighted by Gasteiger charge is 2.22. The molecule has 3 N–H and O–H groups in total. The van der Waals surface area contributed by atoms with Gasteiger partial charge in [0.05, 0.1) is 0 Å². The maximum Gasteiger partial charge on any atom is 0.220 e. The summed E-state index contributed by atoms with van der Waals surface area (Å²) in [5.41, 5.74) is 7.86. The molecule has 14 heavy (non-hydrogen) atoms. The fourth-order valence-electron chi connectivity index (χ4n) is 1.77. The predicted molar refractivity (Wildman–Crippen MR) is 54.7 cm³/mol. The van der Waals surface area contributed by atoms with Crippen LogP contribution >= 0.6 is 0 Å². The molecule has 2 rings (SSSR count). The van der Waals surface area contributed by atoms with E-state index in [1.165, 1.54) is 5.56 Å². The van der Waals surface area contributed by atoms with Crippen molar-refractivity contribution >= 4 is 5.91 Å². The first kappa shape index (κ1) is 9.21. The van der Waals surface area contributed by atoms with E-state index in [1.54, 1.807) is 0 Å². The van der Waals surface area contributed by atoms with Gasteiger partial charge < -0.3 is 11.1 Å². The zero-order valence-electron chi connectivity index (χ0n) is 7.99. The lowest BCUT2D eigenvalue weighted by Crippen LogP contribution is -2.13. The molecule has 1 heterocycles. The van der Waals surface area contributed by atoms with Crippen molar-refractivity contribution in [1.29, 1.82) is 0 Å². The van der Waals surface area contributed by atoms with Gasteiger partial charge in [0.15, 0.2) is 0 Å². The number of benzene rings is 1. The molecule has 0 spiro atoms. The van der Waals surface area contributed by atoms with Gasteiger partial charge in [-0.15, -0.1) is 0 Å². The molecule has 3 nitrogen and oxygen atoms in total. The quantitative estimate of drug-likeness (QED) is 0.723. The molecule has 1 atom stereocenters. The van der Waals surface area contributed by atoms with E-state index < -0.39 is 0 Å². The SMILES string of the molecule is NCc1ccc([C@H]2CNC(=O)C2)cc1. The van der Waals surface area contributed by atoms with E-state index in [9.17, 15) is 4.79 Å². The molecule has 0 radical (unpaired) electrons. The Labute approximate surface area is 83.3 Å². The molecule has 1 aliphatic rings. The van der Waals surface area contributed by atoms with Crippen LogP contribution in [0.1, 0.15) is 23.5 Å². The largest absolute Gasteiger partial charge is 0.355 e. The monoisotopic (exact) mass is 190 g/mol. The number of nitrogens with two attached hydrogens (primary N) is 1. The van der Waals surface area contributed by atoms with Crippen molar-refractivity contribution in [2.45, 2.75) is 18.9 Å². The van der Waals surface area contributed by atoms with Gasteiger partial charge in [-0.3, -0.25) is 4.79 Å². The highest BCUT2D eigenvalue weighted by molar-refractivity contribution is 5.79. The van der Waals surface area contributed by atoms with Crippen LogP contribution in [-0.4, -0.2) is 12.5 Å². The topological polar surface area (TPSA) is 55.1 Å². The second-order valence-corrected chi connectivity index (χ2v) is 3.65. The lowest BCUT2D eigenvalue weighted by Gasteiger charge is -2.07. The second-order valence-electron chi connectivity index (χ2n) is 3.65. The van der Waals surface area contributed by atoms with Gasteiger partial charge in [0, 0.05) is 25.4 Å². The van der Waals surface area contributed by atoms with Gasteiger partial charge in [-0.1, -0.05) is 24.3 Å². The average Bonchev–Trinajstić information content (AvgIpc) is 2.65. The lowest BCUT2D eigenvalue weighted by molar-refractivity contribution is -0.119. The van der Waals surface area contributed by atoms with E-state index in [2.05, 4.69) is 17.4 Å². The number of rotatable bonds is 2. The third-order valence-electron chi connectivity index (χ3n) is 2.66. The minimum atomic E-state index is 0.151. The van der Waals surface area contributed by atoms with E-state index in [-0.39, 0.29) is 5.91 Å². The van der Waals surface area contributed by atoms with Crippen molar-refractivity contribution in [3.63, 3.8) is 0 Å². The molecule has 0 aliphatic carbocycles. The van der Waals surface area contributed by atoms with Crippen LogP contribution < -0.4 is 11.1 Å². The van der Waals surface area contributed by atoms with E-state index in [0.29, 0.717) is 18.9 Å². The molecule has 1 aliphatic heterocycles. The van der Waals surface area contributed by atoms with Crippen LogP contribution in [0.25, 0.3) is 0 Å². The minimum absolute atomic E-state index is 0.151. The summed E-state index contributed by atoms with van der Waals surface area (Å²) in [4.78, 5) is 11.0. The summed E-state index contributed by atoms with van der Waals surface area (Å²) in [5.74, 6) is 0.493. The zero-order chi connectivity index (χ0) is 9.97. The van der Waals surface area contributed by atoms with Crippen LogP contribution in [0.3, 0.4) is 0 Å². The van der Waals surface area contributed by atoms with Crippen molar-refractivity contribution in [2.75, 3.05) is 6.54 Å². The van der Waals surface area contributed by atoms with Crippen LogP contribution in [0.5, 0.6) is 0 Å². The fraction of sp³-hybridized carbons (Fsp3) is 0.364. The van der Waals surface area contributed by atoms with Gasteiger partial charge in [0.1, 0.15) is 0 Å². The lowest BCUT2D eigenvalue weighted by atomic mass is 9.97. The maximum atomic E-state index is 11.0. The average molecular weight is 190 g/mol. The number of nitrogens with one attached hydrogen (secondary N) is 1. The van der Waals surface area contributed by atoms with Crippen molar-refractivity contribution in [2.24, 2.45) is 5.73 Å². The Morgan fingerprint density at radius 1 is 1.36 bits per heavy atom. The van der Waals surface area contributed by atoms with E-state index in [1.807, 2.05) is 12.1 Å². The molecular weight excluding hydrogens is 176 g/mol. The third-order valence-corrected chi connectivity index (χ3v) is 2.66. The standard InChI is InChI=1S/C11H14N2O/c12-6-8-1-3-9(4-2-8)10-5-11(14)13-7-10/h1-4,10H,5-7,12H2,(H,13,14)/t10-/m1/s1. The Morgan fingerprint density at radius 3 is 2.57 bits per heavy atom. The Morgan fingerprint density at radius 2 is 2.07 bits per heavy atom. The first-order chi connectivity index (χ1) is 6.79. The van der Waals surface area contributed by atoms with Crippen LogP contribution in [0, 0.1) is 0 Å². The highest BCUT2D eigenvalue weighted by atomic mass is 16.1. The summed E-state index contributed by atoms with van der Waals surface area (Å²) in [6.45, 7) is 1.34. The summed E-state index contributed by atoms with van der Waals surface area (Å²) >= 11 is 0. The van der Waals surface area contributed by atoms with E-state index in [4.69, 9.17) is 5.73 Å². The molecule has 1 aromatic carbocycles. The molecule has 0 unspecified atom stereocenters. The number of carbonyl (C=O) groups is 1. The van der Waals surface area contributed by atoms with Crippen molar-refractivity contribution in [3.05, 3.63) is 35.4 Å². The smallest absolute Gasteiger partial charge is 0.220 e. The molecule has 1 amide bonds. The molecule has 1 saturated heterocycles. The Balaban J connectivity index is 2.13. The van der Waals surface area contributed by atoms with E-state index >= 15 is 0 Å². The van der Waals surface area contributed by atoms with Crippen molar-refractivity contribution < 1.29 is 4.79 Å². The van der Waals surface area contributed by atoms with Crippen LogP contribution in [0.2, 0.25) is 0 Å². The number of hydrogen-bond acceptors (Lipinski definition) is 2. The van der Waals surface area contributed by atoms with Gasteiger partial charge in [-0.25, -0.2) is 0 Å². The molecule has 0 bridgehead atoms. The van der Waals surface area contributed by atoms with Gasteiger partial charge in [-0.05, 0) is 11.1 Å². The number of amides is 1. The highest BCUT2D eigenvalue weighted by Crippen LogP contribution is 2.22. The van der Waals surface area contributed by atoms with Crippen LogP contribution in [-0.2, 0) is 11.3 Å². The summed E-state index contributed by atoms with van der Waals surface area (Å²) in [6.07, 6.45) is 0.613. The zero-order valence-corrected chi connectivity index (χ0v) is 7.99. The predicted octanol–water partition coefficient (Wildman–Crippen LogP) is 0.749. The summed E-state index contributed by atoms with van der Waals surface area (Å²) in [7, 11) is 0. The van der Waals surface area contributed by atoms with Crippen LogP contribution in [0.4, 0.5) is 0 Å². The van der Waals surface area contributed by atoms with Crippen molar-refractivity contribution in [1.82, 2.24) is 5.32 Å². The first-order valence-electron chi connectivity index (χ1n) is 4.85. The normalized spacial score (nSPS) is 20.9. The molecule has 1 aromatic rings. The van der Waals surface area contributed by atoms with Crippen LogP contribution in [0.15, 0.2) is 24.3 Å². The maximum absolute atomic E-state index is 11.0. The molecule has 3 heteroatoms. The summed E-state index contributed by atoms with van der Waals surface area (Å²) in [6, 6.07) is 8.18. The Hall–Kier alpha value is -1.35. The van der Waals surface area contributed by atoms with Crippen molar-refractivity contribution in [3.8, 4) is 0 Å². The second kappa shape index (κ2) is 3.80. The first-order valence-corrected chi connectivity index (χ1v) is 4.85. The molecule has 0 saturated carbocycles. The van der Waals surface area contributed by atoms with Gasteiger partial charge in [0.25, 0.3) is 0 Å². The number of carbonyl (C=O) groups excluding carboxylic acids is 1. The summed E-state index contributed by atoms with van der Waals surface area (Å²) < 4.78 is 0. The Kier molecular flexibility index (Phi) is 2.50. The fourth-order valence-corrected chi connectivity index (χ4v) is 1.77. The third kappa shape index (κ3) is 1.77. The molecule has 74 valence electrons. The van der Waals surface area contributed by atoms with Gasteiger partial charge in [-0.2, -0.15) is 0 Å². The molecule has 1 fully saturated rings. The van der Waals surface area contributed by atoms with Gasteiger partial charge >= 0.3 is 0 Å². The van der Waals surface area contributed by atoms with E-state index in [0.717, 1.165) is 12.1 Å². The Bertz CT molecular complexity index is 332. The molecular formula is C11H14N2O. The summed E-state index contributed by atoms with van der Waals surface area (Å²) in [5, 5.41) is 2.83. The minimum Gasteiger partial charge on any atom is -0.355 e. The van der Waals surface area contributed by atoms with Gasteiger partial charge in [0.2, 0.25) is 5.91 Å². The molecule has 0 aromatic heterocycles. The number of hydrogen-bond donors (Lipinski definition) is 2.